The van der Waals surface area contributed by atoms with Gasteiger partial charge in [0.05, 0.1) is 6.61 Å². The van der Waals surface area contributed by atoms with Crippen molar-refractivity contribution in [3.8, 4) is 0 Å². The summed E-state index contributed by atoms with van der Waals surface area (Å²) >= 11 is 0. The highest BCUT2D eigenvalue weighted by molar-refractivity contribution is 6.28. The first-order valence-electron chi connectivity index (χ1n) is 3.77. The summed E-state index contributed by atoms with van der Waals surface area (Å²) in [4.78, 5) is 20.2. The van der Waals surface area contributed by atoms with Gasteiger partial charge in [-0.15, -0.1) is 0 Å². The number of esters is 1. The molecule has 0 aromatic carbocycles. The van der Waals surface area contributed by atoms with Crippen LogP contribution in [0.25, 0.3) is 0 Å². The molecule has 6 heteroatoms. The second-order valence-corrected chi connectivity index (χ2v) is 2.62. The van der Waals surface area contributed by atoms with Crippen LogP contribution in [0.2, 0.25) is 0 Å². The van der Waals surface area contributed by atoms with Crippen molar-refractivity contribution in [3.05, 3.63) is 0 Å². The zero-order valence-corrected chi connectivity index (χ0v) is 7.82. The molecule has 0 amide bonds. The number of hydrogen-bond donors (Lipinski definition) is 3. The van der Waals surface area contributed by atoms with E-state index in [0.717, 1.165) is 0 Å². The number of ether oxygens (including phenoxy) is 1. The van der Waals surface area contributed by atoms with E-state index in [1.165, 1.54) is 0 Å². The van der Waals surface area contributed by atoms with Gasteiger partial charge >= 0.3 is 11.9 Å². The van der Waals surface area contributed by atoms with Crippen LogP contribution in [0.3, 0.4) is 0 Å². The van der Waals surface area contributed by atoms with Gasteiger partial charge < -0.3 is 9.84 Å². The van der Waals surface area contributed by atoms with Gasteiger partial charge in [-0.1, -0.05) is 13.8 Å². The molecule has 0 saturated carbocycles. The minimum absolute atomic E-state index is 0.183. The number of rotatable bonds is 3. The van der Waals surface area contributed by atoms with E-state index in [9.17, 15) is 9.59 Å². The monoisotopic (exact) mass is 192 g/mol. The molecular weight excluding hydrogens is 176 g/mol. The Morgan fingerprint density at radius 3 is 2.15 bits per heavy atom. The van der Waals surface area contributed by atoms with Crippen molar-refractivity contribution in [1.82, 2.24) is 0 Å². The highest BCUT2D eigenvalue weighted by Crippen LogP contribution is 1.98. The summed E-state index contributed by atoms with van der Waals surface area (Å²) in [7, 11) is 0. The first-order chi connectivity index (χ1) is 6.04. The van der Waals surface area contributed by atoms with Gasteiger partial charge in [0.1, 0.15) is 0 Å². The highest BCUT2D eigenvalue weighted by Gasteiger charge is 2.11. The normalized spacial score (nSPS) is 8.69. The first kappa shape index (κ1) is 14.4. The largest absolute Gasteiger partial charge is 0.473 e. The van der Waals surface area contributed by atoms with E-state index in [0.29, 0.717) is 12.3 Å². The summed E-state index contributed by atoms with van der Waals surface area (Å²) in [6, 6.07) is 0. The number of nitrogens with two attached hydrogens (primary N) is 2. The maximum Gasteiger partial charge on any atom is 0.417 e. The standard InChI is InChI=1S/C7H12O4.H4N2/c1-5(2)3-4-11-7(10)6(8)9;1-2/h5H,3-4H2,1-2H3,(H,8,9);1-2H2. The molecule has 13 heavy (non-hydrogen) atoms. The Bertz CT molecular complexity index is 159. The summed E-state index contributed by atoms with van der Waals surface area (Å²) in [5.41, 5.74) is 0. The third kappa shape index (κ3) is 10.9. The molecule has 0 fully saturated rings. The summed E-state index contributed by atoms with van der Waals surface area (Å²) in [6.45, 7) is 4.12. The van der Waals surface area contributed by atoms with Crippen molar-refractivity contribution in [2.75, 3.05) is 6.61 Å². The van der Waals surface area contributed by atoms with Crippen molar-refractivity contribution in [2.24, 2.45) is 17.6 Å². The van der Waals surface area contributed by atoms with Crippen molar-refractivity contribution >= 4 is 11.9 Å². The predicted octanol–water partition coefficient (Wildman–Crippen LogP) is -0.521. The third-order valence-corrected chi connectivity index (χ3v) is 1.10. The lowest BCUT2D eigenvalue weighted by Gasteiger charge is -2.03. The molecule has 0 aliphatic carbocycles. The number of hydrogen-bond acceptors (Lipinski definition) is 5. The topological polar surface area (TPSA) is 116 Å². The highest BCUT2D eigenvalue weighted by atomic mass is 16.6. The number of aliphatic carboxylic acids is 1. The Morgan fingerprint density at radius 2 is 1.85 bits per heavy atom. The summed E-state index contributed by atoms with van der Waals surface area (Å²) < 4.78 is 4.38. The van der Waals surface area contributed by atoms with Crippen LogP contribution < -0.4 is 11.7 Å². The quantitative estimate of drug-likeness (QED) is 0.240. The molecule has 0 bridgehead atoms. The number of carboxylic acid groups (broad SMARTS) is 1. The fraction of sp³-hybridized carbons (Fsp3) is 0.714. The number of carboxylic acids is 1. The Labute approximate surface area is 76.8 Å². The fourth-order valence-electron chi connectivity index (χ4n) is 0.449. The molecule has 0 saturated heterocycles. The van der Waals surface area contributed by atoms with Crippen LogP contribution >= 0.6 is 0 Å². The number of hydrazine groups is 1. The van der Waals surface area contributed by atoms with Crippen LogP contribution in [0, 0.1) is 5.92 Å². The Kier molecular flexibility index (Phi) is 9.91. The van der Waals surface area contributed by atoms with E-state index in [-0.39, 0.29) is 6.61 Å². The van der Waals surface area contributed by atoms with Crippen molar-refractivity contribution in [2.45, 2.75) is 20.3 Å². The molecule has 0 heterocycles. The first-order valence-corrected chi connectivity index (χ1v) is 3.77. The zero-order chi connectivity index (χ0) is 10.9. The Morgan fingerprint density at radius 1 is 1.38 bits per heavy atom. The van der Waals surface area contributed by atoms with Crippen LogP contribution in [-0.4, -0.2) is 23.7 Å². The van der Waals surface area contributed by atoms with Crippen LogP contribution in [0.5, 0.6) is 0 Å². The minimum atomic E-state index is -1.53. The molecular formula is C7H16N2O4. The average molecular weight is 192 g/mol. The van der Waals surface area contributed by atoms with Gasteiger partial charge in [0.25, 0.3) is 0 Å². The second kappa shape index (κ2) is 8.95. The van der Waals surface area contributed by atoms with Crippen molar-refractivity contribution in [1.29, 1.82) is 0 Å². The molecule has 78 valence electrons. The number of carbonyl (C=O) groups excluding carboxylic acids is 1. The van der Waals surface area contributed by atoms with Crippen molar-refractivity contribution < 1.29 is 19.4 Å². The summed E-state index contributed by atoms with van der Waals surface area (Å²) in [5.74, 6) is 5.70. The van der Waals surface area contributed by atoms with Gasteiger partial charge in [-0.05, 0) is 12.3 Å². The lowest BCUT2D eigenvalue weighted by Crippen LogP contribution is -2.17. The van der Waals surface area contributed by atoms with Gasteiger partial charge in [-0.2, -0.15) is 0 Å². The Balaban J connectivity index is 0. The van der Waals surface area contributed by atoms with Gasteiger partial charge in [-0.25, -0.2) is 9.59 Å². The molecule has 6 nitrogen and oxygen atoms in total. The smallest absolute Gasteiger partial charge is 0.417 e. The molecule has 5 N–H and O–H groups in total. The van der Waals surface area contributed by atoms with E-state index in [2.05, 4.69) is 16.4 Å². The maximum atomic E-state index is 10.3. The molecule has 0 radical (unpaired) electrons. The summed E-state index contributed by atoms with van der Waals surface area (Å²) in [6.07, 6.45) is 0.693. The lowest BCUT2D eigenvalue weighted by atomic mass is 10.1. The molecule has 0 aromatic heterocycles. The lowest BCUT2D eigenvalue weighted by molar-refractivity contribution is -0.164. The van der Waals surface area contributed by atoms with Gasteiger partial charge in [0.2, 0.25) is 0 Å². The molecule has 0 spiro atoms. The molecule has 0 aliphatic heterocycles. The van der Waals surface area contributed by atoms with Crippen LogP contribution in [0.4, 0.5) is 0 Å². The molecule has 0 atom stereocenters. The summed E-state index contributed by atoms with van der Waals surface area (Å²) in [5, 5.41) is 8.07. The van der Waals surface area contributed by atoms with E-state index >= 15 is 0 Å². The number of carbonyl (C=O) groups is 2. The molecule has 0 aromatic rings. The second-order valence-electron chi connectivity index (χ2n) is 2.62. The van der Waals surface area contributed by atoms with E-state index in [1.54, 1.807) is 0 Å². The zero-order valence-electron chi connectivity index (χ0n) is 7.82. The average Bonchev–Trinajstić information content (AvgIpc) is 2.07. The van der Waals surface area contributed by atoms with E-state index in [1.807, 2.05) is 13.8 Å². The predicted molar refractivity (Wildman–Crippen MR) is 46.4 cm³/mol. The van der Waals surface area contributed by atoms with Crippen LogP contribution in [-0.2, 0) is 14.3 Å². The van der Waals surface area contributed by atoms with Crippen LogP contribution in [0.15, 0.2) is 0 Å². The molecule has 0 rings (SSSR count). The van der Waals surface area contributed by atoms with Gasteiger partial charge in [0, 0.05) is 0 Å². The van der Waals surface area contributed by atoms with Crippen molar-refractivity contribution in [3.63, 3.8) is 0 Å². The van der Waals surface area contributed by atoms with E-state index in [4.69, 9.17) is 5.11 Å². The maximum absolute atomic E-state index is 10.3. The van der Waals surface area contributed by atoms with Gasteiger partial charge in [0.15, 0.2) is 0 Å². The molecule has 0 aliphatic rings. The third-order valence-electron chi connectivity index (χ3n) is 1.10. The van der Waals surface area contributed by atoms with Crippen LogP contribution in [0.1, 0.15) is 20.3 Å². The SMILES string of the molecule is CC(C)CCOC(=O)C(=O)O.NN. The van der Waals surface area contributed by atoms with E-state index < -0.39 is 11.9 Å². The molecule has 0 unspecified atom stereocenters. The Hall–Kier alpha value is -1.14. The van der Waals surface area contributed by atoms with Gasteiger partial charge in [-0.3, -0.25) is 11.7 Å². The minimum Gasteiger partial charge on any atom is -0.473 e. The fourth-order valence-corrected chi connectivity index (χ4v) is 0.449.